The Labute approximate surface area is 137 Å². The Morgan fingerprint density at radius 1 is 1.00 bits per heavy atom. The van der Waals surface area contributed by atoms with Gasteiger partial charge in [-0.25, -0.2) is 0 Å². The van der Waals surface area contributed by atoms with E-state index in [0.29, 0.717) is 17.5 Å². The van der Waals surface area contributed by atoms with Crippen LogP contribution in [0.4, 0.5) is 11.4 Å². The van der Waals surface area contributed by atoms with Gasteiger partial charge in [-0.3, -0.25) is 0 Å². The maximum atomic E-state index is 8.95. The summed E-state index contributed by atoms with van der Waals surface area (Å²) in [6.07, 6.45) is 9.29. The van der Waals surface area contributed by atoms with Gasteiger partial charge in [-0.15, -0.1) is 6.42 Å². The monoisotopic (exact) mass is 298 g/mol. The van der Waals surface area contributed by atoms with Crippen molar-refractivity contribution in [1.29, 1.82) is 5.26 Å². The molecule has 0 radical (unpaired) electrons. The van der Waals surface area contributed by atoms with Gasteiger partial charge in [0.1, 0.15) is 6.07 Å². The Hall–Kier alpha value is -2.97. The van der Waals surface area contributed by atoms with E-state index in [2.05, 4.69) is 65.4 Å². The second-order valence-corrected chi connectivity index (χ2v) is 5.76. The molecule has 0 heterocycles. The van der Waals surface area contributed by atoms with E-state index in [-0.39, 0.29) is 0 Å². The van der Waals surface area contributed by atoms with Crippen LogP contribution in [-0.2, 0) is 0 Å². The number of nitrogens with zero attached hydrogens (tertiary/aromatic N) is 2. The molecule has 0 aliphatic heterocycles. The molecule has 0 aromatic heterocycles. The zero-order chi connectivity index (χ0) is 16.1. The van der Waals surface area contributed by atoms with Crippen LogP contribution in [0.25, 0.3) is 0 Å². The molecule has 0 spiro atoms. The van der Waals surface area contributed by atoms with Gasteiger partial charge in [-0.05, 0) is 43.0 Å². The van der Waals surface area contributed by atoms with Crippen LogP contribution in [-0.4, -0.2) is 6.04 Å². The van der Waals surface area contributed by atoms with Crippen LogP contribution in [0.15, 0.2) is 72.3 Å². The van der Waals surface area contributed by atoms with Crippen molar-refractivity contribution in [2.45, 2.75) is 18.9 Å². The highest BCUT2D eigenvalue weighted by Gasteiger charge is 2.33. The van der Waals surface area contributed by atoms with E-state index in [4.69, 9.17) is 11.7 Å². The Balaban J connectivity index is 1.82. The van der Waals surface area contributed by atoms with E-state index in [1.165, 1.54) is 11.4 Å². The van der Waals surface area contributed by atoms with Gasteiger partial charge in [0.25, 0.3) is 0 Å². The number of rotatable bonds is 4. The van der Waals surface area contributed by atoms with Gasteiger partial charge in [0, 0.05) is 17.4 Å². The maximum Gasteiger partial charge on any atom is 0.108 e. The number of anilines is 2. The zero-order valence-corrected chi connectivity index (χ0v) is 12.9. The second-order valence-electron chi connectivity index (χ2n) is 5.76. The summed E-state index contributed by atoms with van der Waals surface area (Å²) in [6.45, 7) is 0. The first-order valence-corrected chi connectivity index (χ1v) is 7.79. The average molecular weight is 298 g/mol. The predicted molar refractivity (Wildman–Crippen MR) is 94.1 cm³/mol. The quantitative estimate of drug-likeness (QED) is 0.605. The minimum absolute atomic E-state index is 0.389. The summed E-state index contributed by atoms with van der Waals surface area (Å²) in [5, 5.41) is 8.95. The number of para-hydroxylation sites is 2. The van der Waals surface area contributed by atoms with Crippen molar-refractivity contribution in [3.05, 3.63) is 72.3 Å². The van der Waals surface area contributed by atoms with E-state index in [9.17, 15) is 0 Å². The molecule has 112 valence electrons. The molecule has 23 heavy (non-hydrogen) atoms. The lowest BCUT2D eigenvalue weighted by Gasteiger charge is -2.43. The highest BCUT2D eigenvalue weighted by Crippen LogP contribution is 2.40. The molecular weight excluding hydrogens is 280 g/mol. The summed E-state index contributed by atoms with van der Waals surface area (Å²) in [5.41, 5.74) is 2.84. The molecule has 2 aromatic carbocycles. The summed E-state index contributed by atoms with van der Waals surface area (Å²) >= 11 is 0. The first kappa shape index (κ1) is 14.9. The average Bonchev–Trinajstić information content (AvgIpc) is 2.58. The van der Waals surface area contributed by atoms with E-state index in [1.807, 2.05) is 18.2 Å². The zero-order valence-electron chi connectivity index (χ0n) is 12.9. The van der Waals surface area contributed by atoms with Crippen molar-refractivity contribution in [3.63, 3.8) is 0 Å². The topological polar surface area (TPSA) is 27.0 Å². The van der Waals surface area contributed by atoms with Crippen molar-refractivity contribution in [1.82, 2.24) is 0 Å². The van der Waals surface area contributed by atoms with Crippen molar-refractivity contribution < 1.29 is 0 Å². The highest BCUT2D eigenvalue weighted by molar-refractivity contribution is 5.64. The lowest BCUT2D eigenvalue weighted by Crippen LogP contribution is -2.41. The SMILES string of the molecule is C#C/C(C#N)=C/C1CC(N(c2ccccc2)c2ccccc2)C1. The third-order valence-corrected chi connectivity index (χ3v) is 4.26. The molecule has 2 nitrogen and oxygen atoms in total. The first-order chi connectivity index (χ1) is 11.3. The molecule has 2 heteroatoms. The molecule has 0 saturated heterocycles. The number of hydrogen-bond donors (Lipinski definition) is 0. The van der Waals surface area contributed by atoms with Crippen LogP contribution in [0, 0.1) is 29.6 Å². The number of nitriles is 1. The Kier molecular flexibility index (Phi) is 4.46. The van der Waals surface area contributed by atoms with Gasteiger partial charge >= 0.3 is 0 Å². The fourth-order valence-electron chi connectivity index (χ4n) is 3.08. The van der Waals surface area contributed by atoms with Gasteiger partial charge in [0.15, 0.2) is 0 Å². The van der Waals surface area contributed by atoms with E-state index >= 15 is 0 Å². The summed E-state index contributed by atoms with van der Waals surface area (Å²) in [6, 6.07) is 23.4. The number of hydrogen-bond acceptors (Lipinski definition) is 2. The molecule has 0 amide bonds. The molecule has 0 bridgehead atoms. The van der Waals surface area contributed by atoms with Crippen molar-refractivity contribution in [2.75, 3.05) is 4.90 Å². The fourth-order valence-corrected chi connectivity index (χ4v) is 3.08. The molecule has 2 aromatic rings. The lowest BCUT2D eigenvalue weighted by atomic mass is 9.78. The Morgan fingerprint density at radius 3 is 1.96 bits per heavy atom. The molecule has 0 atom stereocenters. The second kappa shape index (κ2) is 6.86. The molecule has 3 rings (SSSR count). The smallest absolute Gasteiger partial charge is 0.108 e. The molecule has 1 aliphatic rings. The third kappa shape index (κ3) is 3.28. The lowest BCUT2D eigenvalue weighted by molar-refractivity contribution is 0.320. The van der Waals surface area contributed by atoms with E-state index in [0.717, 1.165) is 12.8 Å². The molecular formula is C21H18N2. The van der Waals surface area contributed by atoms with Crippen LogP contribution in [0.5, 0.6) is 0 Å². The van der Waals surface area contributed by atoms with Gasteiger partial charge in [-0.1, -0.05) is 48.4 Å². The largest absolute Gasteiger partial charge is 0.338 e. The van der Waals surface area contributed by atoms with Gasteiger partial charge in [0.2, 0.25) is 0 Å². The number of allylic oxidation sites excluding steroid dienone is 2. The van der Waals surface area contributed by atoms with Crippen molar-refractivity contribution in [2.24, 2.45) is 5.92 Å². The van der Waals surface area contributed by atoms with Crippen LogP contribution in [0.2, 0.25) is 0 Å². The van der Waals surface area contributed by atoms with Gasteiger partial charge in [0.05, 0.1) is 5.57 Å². The third-order valence-electron chi connectivity index (χ3n) is 4.26. The molecule has 1 fully saturated rings. The standard InChI is InChI=1S/C21H18N2/c1-2-17(16-22)13-18-14-21(15-18)23(19-9-5-3-6-10-19)20-11-7-4-8-12-20/h1,3-13,18,21H,14-15H2/b17-13-. The van der Waals surface area contributed by atoms with Crippen LogP contribution >= 0.6 is 0 Å². The number of terminal acetylenes is 1. The molecule has 0 N–H and O–H groups in total. The molecule has 0 unspecified atom stereocenters. The van der Waals surface area contributed by atoms with Crippen LogP contribution in [0.1, 0.15) is 12.8 Å². The first-order valence-electron chi connectivity index (χ1n) is 7.79. The Morgan fingerprint density at radius 2 is 1.52 bits per heavy atom. The number of benzene rings is 2. The van der Waals surface area contributed by atoms with Crippen LogP contribution < -0.4 is 4.90 Å². The maximum absolute atomic E-state index is 8.95. The van der Waals surface area contributed by atoms with Crippen molar-refractivity contribution >= 4 is 11.4 Å². The summed E-state index contributed by atoms with van der Waals surface area (Å²) in [4.78, 5) is 2.38. The normalized spacial score (nSPS) is 20.0. The van der Waals surface area contributed by atoms with E-state index in [1.54, 1.807) is 0 Å². The summed E-state index contributed by atoms with van der Waals surface area (Å²) < 4.78 is 0. The van der Waals surface area contributed by atoms with Crippen LogP contribution in [0.3, 0.4) is 0 Å². The Bertz CT molecular complexity index is 701. The summed E-state index contributed by atoms with van der Waals surface area (Å²) in [5.74, 6) is 2.83. The summed E-state index contributed by atoms with van der Waals surface area (Å²) in [7, 11) is 0. The highest BCUT2D eigenvalue weighted by atomic mass is 15.2. The predicted octanol–water partition coefficient (Wildman–Crippen LogP) is 4.69. The molecule has 1 saturated carbocycles. The van der Waals surface area contributed by atoms with E-state index < -0.39 is 0 Å². The van der Waals surface area contributed by atoms with Crippen molar-refractivity contribution in [3.8, 4) is 18.4 Å². The minimum Gasteiger partial charge on any atom is -0.338 e. The fraction of sp³-hybridized carbons (Fsp3) is 0.190. The molecule has 1 aliphatic carbocycles. The van der Waals surface area contributed by atoms with Gasteiger partial charge < -0.3 is 4.90 Å². The minimum atomic E-state index is 0.389. The van der Waals surface area contributed by atoms with Gasteiger partial charge in [-0.2, -0.15) is 5.26 Å².